The first kappa shape index (κ1) is 18.2. The van der Waals surface area contributed by atoms with E-state index in [1.807, 2.05) is 39.0 Å². The highest BCUT2D eigenvalue weighted by Crippen LogP contribution is 2.17. The second-order valence-electron chi connectivity index (χ2n) is 5.94. The maximum atomic E-state index is 12.4. The molecule has 24 heavy (non-hydrogen) atoms. The summed E-state index contributed by atoms with van der Waals surface area (Å²) in [4.78, 5) is 12.2. The molecule has 6 heteroatoms. The Labute approximate surface area is 143 Å². The molecular formula is C18H22N2O3S. The topological polar surface area (TPSA) is 75.3 Å². The zero-order chi connectivity index (χ0) is 17.9. The van der Waals surface area contributed by atoms with Gasteiger partial charge in [0.05, 0.1) is 11.4 Å². The lowest BCUT2D eigenvalue weighted by Gasteiger charge is -2.11. The van der Waals surface area contributed by atoms with E-state index in [4.69, 9.17) is 0 Å². The van der Waals surface area contributed by atoms with Crippen molar-refractivity contribution in [1.29, 1.82) is 0 Å². The third-order valence-corrected chi connectivity index (χ3v) is 5.39. The van der Waals surface area contributed by atoms with E-state index in [1.165, 1.54) is 0 Å². The Kier molecular flexibility index (Phi) is 5.41. The summed E-state index contributed by atoms with van der Waals surface area (Å²) in [6, 6.07) is 10.7. The SMILES string of the molecule is Cc1ccc(C)c(S(=O)(=O)NCC(=O)Nc2ccc(C)c(C)c2)c1. The van der Waals surface area contributed by atoms with Gasteiger partial charge in [0.15, 0.2) is 0 Å². The Morgan fingerprint density at radius 1 is 0.917 bits per heavy atom. The van der Waals surface area contributed by atoms with Crippen molar-refractivity contribution in [2.24, 2.45) is 0 Å². The fourth-order valence-corrected chi connectivity index (χ4v) is 3.57. The Morgan fingerprint density at radius 2 is 1.58 bits per heavy atom. The minimum absolute atomic E-state index is 0.196. The summed E-state index contributed by atoms with van der Waals surface area (Å²) in [6.45, 7) is 7.17. The summed E-state index contributed by atoms with van der Waals surface area (Å²) in [5.41, 5.74) is 4.32. The molecule has 0 spiro atoms. The average molecular weight is 346 g/mol. The summed E-state index contributed by atoms with van der Waals surface area (Å²) in [5.74, 6) is -0.410. The van der Waals surface area contributed by atoms with Crippen molar-refractivity contribution in [2.45, 2.75) is 32.6 Å². The van der Waals surface area contributed by atoms with E-state index >= 15 is 0 Å². The largest absolute Gasteiger partial charge is 0.325 e. The van der Waals surface area contributed by atoms with Crippen molar-refractivity contribution in [3.05, 3.63) is 58.7 Å². The Bertz CT molecular complexity index is 874. The smallest absolute Gasteiger partial charge is 0.241 e. The first-order valence-corrected chi connectivity index (χ1v) is 9.11. The number of carbonyl (C=O) groups excluding carboxylic acids is 1. The first-order chi connectivity index (χ1) is 11.2. The third kappa shape index (κ3) is 4.43. The van der Waals surface area contributed by atoms with Crippen LogP contribution >= 0.6 is 0 Å². The maximum Gasteiger partial charge on any atom is 0.241 e. The normalized spacial score (nSPS) is 11.3. The first-order valence-electron chi connectivity index (χ1n) is 7.63. The minimum Gasteiger partial charge on any atom is -0.325 e. The van der Waals surface area contributed by atoms with Gasteiger partial charge >= 0.3 is 0 Å². The number of sulfonamides is 1. The van der Waals surface area contributed by atoms with Crippen LogP contribution in [-0.2, 0) is 14.8 Å². The molecule has 128 valence electrons. The fraction of sp³-hybridized carbons (Fsp3) is 0.278. The zero-order valence-electron chi connectivity index (χ0n) is 14.3. The van der Waals surface area contributed by atoms with Crippen LogP contribution < -0.4 is 10.0 Å². The molecule has 0 radical (unpaired) electrons. The molecule has 2 rings (SSSR count). The number of nitrogens with one attached hydrogen (secondary N) is 2. The summed E-state index contributed by atoms with van der Waals surface area (Å²) < 4.78 is 27.1. The molecule has 0 saturated heterocycles. The highest BCUT2D eigenvalue weighted by atomic mass is 32.2. The molecule has 1 amide bonds. The van der Waals surface area contributed by atoms with Crippen LogP contribution in [0.15, 0.2) is 41.3 Å². The monoisotopic (exact) mass is 346 g/mol. The predicted octanol–water partition coefficient (Wildman–Crippen LogP) is 2.84. The summed E-state index contributed by atoms with van der Waals surface area (Å²) in [7, 11) is -3.73. The summed E-state index contributed by atoms with van der Waals surface area (Å²) in [6.07, 6.45) is 0. The fourth-order valence-electron chi connectivity index (χ4n) is 2.26. The Hall–Kier alpha value is -2.18. The van der Waals surface area contributed by atoms with Gasteiger partial charge < -0.3 is 5.32 Å². The van der Waals surface area contributed by atoms with Gasteiger partial charge in [0.25, 0.3) is 0 Å². The molecular weight excluding hydrogens is 324 g/mol. The number of aryl methyl sites for hydroxylation is 4. The van der Waals surface area contributed by atoms with Crippen LogP contribution in [0.25, 0.3) is 0 Å². The van der Waals surface area contributed by atoms with Gasteiger partial charge in [-0.15, -0.1) is 0 Å². The highest BCUT2D eigenvalue weighted by molar-refractivity contribution is 7.89. The lowest BCUT2D eigenvalue weighted by Crippen LogP contribution is -2.33. The average Bonchev–Trinajstić information content (AvgIpc) is 2.51. The minimum atomic E-state index is -3.73. The molecule has 0 fully saturated rings. The van der Waals surface area contributed by atoms with Crippen LogP contribution in [0, 0.1) is 27.7 Å². The molecule has 0 heterocycles. The van der Waals surface area contributed by atoms with Crippen LogP contribution in [0.5, 0.6) is 0 Å². The van der Waals surface area contributed by atoms with E-state index in [9.17, 15) is 13.2 Å². The van der Waals surface area contributed by atoms with Gasteiger partial charge in [0.2, 0.25) is 15.9 Å². The van der Waals surface area contributed by atoms with Crippen molar-refractivity contribution < 1.29 is 13.2 Å². The number of hydrogen-bond donors (Lipinski definition) is 2. The summed E-state index contributed by atoms with van der Waals surface area (Å²) in [5, 5.41) is 2.69. The quantitative estimate of drug-likeness (QED) is 0.874. The van der Waals surface area contributed by atoms with Crippen LogP contribution in [-0.4, -0.2) is 20.9 Å². The van der Waals surface area contributed by atoms with E-state index < -0.39 is 15.9 Å². The van der Waals surface area contributed by atoms with Gasteiger partial charge in [-0.2, -0.15) is 0 Å². The molecule has 0 aromatic heterocycles. The van der Waals surface area contributed by atoms with E-state index in [0.29, 0.717) is 11.3 Å². The van der Waals surface area contributed by atoms with Crippen LogP contribution in [0.4, 0.5) is 5.69 Å². The second-order valence-corrected chi connectivity index (χ2v) is 7.68. The second kappa shape index (κ2) is 7.15. The van der Waals surface area contributed by atoms with Crippen molar-refractivity contribution in [2.75, 3.05) is 11.9 Å². The number of hydrogen-bond acceptors (Lipinski definition) is 3. The molecule has 0 unspecified atom stereocenters. The lowest BCUT2D eigenvalue weighted by molar-refractivity contribution is -0.115. The van der Waals surface area contributed by atoms with Crippen LogP contribution in [0.1, 0.15) is 22.3 Å². The van der Waals surface area contributed by atoms with Gasteiger partial charge in [-0.3, -0.25) is 4.79 Å². The molecule has 2 N–H and O–H groups in total. The van der Waals surface area contributed by atoms with E-state index in [2.05, 4.69) is 10.0 Å². The predicted molar refractivity (Wildman–Crippen MR) is 95.7 cm³/mol. The molecule has 5 nitrogen and oxygen atoms in total. The molecule has 0 bridgehead atoms. The van der Waals surface area contributed by atoms with Gasteiger partial charge in [-0.05, 0) is 68.1 Å². The number of amides is 1. The third-order valence-electron chi connectivity index (χ3n) is 3.85. The van der Waals surface area contributed by atoms with Gasteiger partial charge in [0, 0.05) is 5.69 Å². The Balaban J connectivity index is 2.05. The number of benzene rings is 2. The van der Waals surface area contributed by atoms with Crippen molar-refractivity contribution in [3.8, 4) is 0 Å². The van der Waals surface area contributed by atoms with Crippen LogP contribution in [0.2, 0.25) is 0 Å². The number of rotatable bonds is 5. The van der Waals surface area contributed by atoms with E-state index in [1.54, 1.807) is 25.1 Å². The van der Waals surface area contributed by atoms with Crippen molar-refractivity contribution in [3.63, 3.8) is 0 Å². The Morgan fingerprint density at radius 3 is 2.25 bits per heavy atom. The van der Waals surface area contributed by atoms with Gasteiger partial charge in [0.1, 0.15) is 0 Å². The molecule has 0 atom stereocenters. The van der Waals surface area contributed by atoms with Crippen molar-refractivity contribution >= 4 is 21.6 Å². The number of carbonyl (C=O) groups is 1. The molecule has 2 aromatic carbocycles. The lowest BCUT2D eigenvalue weighted by atomic mass is 10.1. The molecule has 0 aliphatic carbocycles. The molecule has 0 saturated carbocycles. The van der Waals surface area contributed by atoms with Crippen LogP contribution in [0.3, 0.4) is 0 Å². The molecule has 2 aromatic rings. The van der Waals surface area contributed by atoms with E-state index in [0.717, 1.165) is 16.7 Å². The number of anilines is 1. The van der Waals surface area contributed by atoms with Crippen molar-refractivity contribution in [1.82, 2.24) is 4.72 Å². The molecule has 0 aliphatic heterocycles. The highest BCUT2D eigenvalue weighted by Gasteiger charge is 2.18. The summed E-state index contributed by atoms with van der Waals surface area (Å²) >= 11 is 0. The van der Waals surface area contributed by atoms with Gasteiger partial charge in [-0.1, -0.05) is 18.2 Å². The standard InChI is InChI=1S/C18H22N2O3S/c1-12-5-6-14(3)17(9-12)24(22,23)19-11-18(21)20-16-8-7-13(2)15(4)10-16/h5-10,19H,11H2,1-4H3,(H,20,21). The van der Waals surface area contributed by atoms with E-state index in [-0.39, 0.29) is 11.4 Å². The van der Waals surface area contributed by atoms with Gasteiger partial charge in [-0.25, -0.2) is 13.1 Å². The molecule has 0 aliphatic rings. The zero-order valence-corrected chi connectivity index (χ0v) is 15.1. The maximum absolute atomic E-state index is 12.4.